The van der Waals surface area contributed by atoms with Crippen molar-refractivity contribution >= 4 is 5.84 Å². The van der Waals surface area contributed by atoms with E-state index in [1.54, 1.807) is 0 Å². The van der Waals surface area contributed by atoms with Crippen LogP contribution in [0.25, 0.3) is 0 Å². The van der Waals surface area contributed by atoms with Crippen molar-refractivity contribution in [1.82, 2.24) is 5.32 Å². The third-order valence-corrected chi connectivity index (χ3v) is 1.18. The zero-order chi connectivity index (χ0) is 8.69. The van der Waals surface area contributed by atoms with Crippen LogP contribution in [0.2, 0.25) is 0 Å². The maximum absolute atomic E-state index is 8.16. The van der Waals surface area contributed by atoms with Crippen molar-refractivity contribution in [3.8, 4) is 12.3 Å². The summed E-state index contributed by atoms with van der Waals surface area (Å²) in [6.45, 7) is 2.30. The average Bonchev–Trinajstić information content (AvgIpc) is 2.01. The number of nitrogens with zero attached hydrogens (tertiary/aromatic N) is 1. The van der Waals surface area contributed by atoms with Gasteiger partial charge in [-0.2, -0.15) is 0 Å². The zero-order valence-electron chi connectivity index (χ0n) is 6.54. The molecule has 4 nitrogen and oxygen atoms in total. The van der Waals surface area contributed by atoms with E-state index in [-0.39, 0.29) is 11.9 Å². The summed E-state index contributed by atoms with van der Waals surface area (Å²) in [7, 11) is 0. The highest BCUT2D eigenvalue weighted by molar-refractivity contribution is 5.81. The van der Waals surface area contributed by atoms with Crippen molar-refractivity contribution < 1.29 is 5.21 Å². The minimum atomic E-state index is 0.161. The molecule has 0 saturated carbocycles. The summed E-state index contributed by atoms with van der Waals surface area (Å²) < 4.78 is 0. The Hall–Kier alpha value is -1.21. The Morgan fingerprint density at radius 3 is 3.00 bits per heavy atom. The molecule has 62 valence electrons. The van der Waals surface area contributed by atoms with Gasteiger partial charge in [0.2, 0.25) is 0 Å². The molecule has 0 radical (unpaired) electrons. The Balaban J connectivity index is 3.47. The van der Waals surface area contributed by atoms with Gasteiger partial charge in [0.1, 0.15) is 0 Å². The van der Waals surface area contributed by atoms with Crippen LogP contribution in [0.5, 0.6) is 0 Å². The summed E-state index contributed by atoms with van der Waals surface area (Å²) >= 11 is 0. The van der Waals surface area contributed by atoms with E-state index in [0.29, 0.717) is 13.0 Å². The maximum atomic E-state index is 8.16. The van der Waals surface area contributed by atoms with Crippen molar-refractivity contribution in [3.05, 3.63) is 0 Å². The lowest BCUT2D eigenvalue weighted by Gasteiger charge is -2.08. The standard InChI is InChI=1S/C7H13N3O/c1-3-4-6(2)9-5-7(8)10-11/h1,6,9,11H,4-5H2,2H3,(H2,8,10). The summed E-state index contributed by atoms with van der Waals surface area (Å²) in [5.74, 6) is 2.66. The lowest BCUT2D eigenvalue weighted by molar-refractivity contribution is 0.316. The molecular formula is C7H13N3O. The first-order chi connectivity index (χ1) is 5.20. The van der Waals surface area contributed by atoms with Gasteiger partial charge in [-0.1, -0.05) is 5.16 Å². The normalized spacial score (nSPS) is 14.0. The molecule has 1 atom stereocenters. The third kappa shape index (κ3) is 5.25. The second-order valence-electron chi connectivity index (χ2n) is 2.28. The van der Waals surface area contributed by atoms with Crippen LogP contribution in [-0.4, -0.2) is 23.6 Å². The molecule has 0 aliphatic rings. The molecule has 0 spiro atoms. The van der Waals surface area contributed by atoms with Crippen molar-refractivity contribution in [3.63, 3.8) is 0 Å². The summed E-state index contributed by atoms with van der Waals surface area (Å²) in [5.41, 5.74) is 5.20. The van der Waals surface area contributed by atoms with Crippen LogP contribution >= 0.6 is 0 Å². The summed E-state index contributed by atoms with van der Waals surface area (Å²) in [6, 6.07) is 0.195. The fraction of sp³-hybridized carbons (Fsp3) is 0.571. The smallest absolute Gasteiger partial charge is 0.153 e. The van der Waals surface area contributed by atoms with Gasteiger partial charge >= 0.3 is 0 Å². The van der Waals surface area contributed by atoms with E-state index in [0.717, 1.165) is 0 Å². The minimum Gasteiger partial charge on any atom is -0.409 e. The highest BCUT2D eigenvalue weighted by atomic mass is 16.4. The zero-order valence-corrected chi connectivity index (χ0v) is 6.54. The van der Waals surface area contributed by atoms with E-state index in [1.807, 2.05) is 6.92 Å². The van der Waals surface area contributed by atoms with E-state index in [4.69, 9.17) is 17.4 Å². The second kappa shape index (κ2) is 5.57. The highest BCUT2D eigenvalue weighted by Crippen LogP contribution is 1.85. The molecule has 0 amide bonds. The number of hydrogen-bond acceptors (Lipinski definition) is 3. The number of amidine groups is 1. The van der Waals surface area contributed by atoms with Gasteiger partial charge in [-0.05, 0) is 6.92 Å². The van der Waals surface area contributed by atoms with Crippen LogP contribution in [-0.2, 0) is 0 Å². The van der Waals surface area contributed by atoms with Gasteiger partial charge in [0, 0.05) is 12.5 Å². The number of nitrogens with two attached hydrogens (primary N) is 1. The molecule has 0 aliphatic carbocycles. The predicted octanol–water partition coefficient (Wildman–Crippen LogP) is -0.266. The van der Waals surface area contributed by atoms with Gasteiger partial charge in [0.25, 0.3) is 0 Å². The van der Waals surface area contributed by atoms with Crippen LogP contribution in [0.15, 0.2) is 5.16 Å². The molecule has 4 heteroatoms. The predicted molar refractivity (Wildman–Crippen MR) is 44.3 cm³/mol. The quantitative estimate of drug-likeness (QED) is 0.172. The van der Waals surface area contributed by atoms with Gasteiger partial charge in [0.15, 0.2) is 5.84 Å². The van der Waals surface area contributed by atoms with Crippen LogP contribution in [0.1, 0.15) is 13.3 Å². The molecule has 0 aliphatic heterocycles. The van der Waals surface area contributed by atoms with E-state index in [9.17, 15) is 0 Å². The van der Waals surface area contributed by atoms with Crippen LogP contribution in [0.4, 0.5) is 0 Å². The number of hydrogen-bond donors (Lipinski definition) is 3. The Bertz CT molecular complexity index is 171. The SMILES string of the molecule is C#CCC(C)NCC(N)=NO. The van der Waals surface area contributed by atoms with Crippen molar-refractivity contribution in [2.75, 3.05) is 6.54 Å². The number of terminal acetylenes is 1. The first kappa shape index (κ1) is 9.79. The number of rotatable bonds is 4. The third-order valence-electron chi connectivity index (χ3n) is 1.18. The van der Waals surface area contributed by atoms with E-state index in [1.165, 1.54) is 0 Å². The molecule has 0 heterocycles. The molecule has 0 aromatic carbocycles. The molecule has 0 rings (SSSR count). The van der Waals surface area contributed by atoms with Gasteiger partial charge in [-0.25, -0.2) is 0 Å². The summed E-state index contributed by atoms with van der Waals surface area (Å²) in [5, 5.41) is 13.9. The molecule has 0 aromatic rings. The van der Waals surface area contributed by atoms with Crippen molar-refractivity contribution in [2.45, 2.75) is 19.4 Å². The maximum Gasteiger partial charge on any atom is 0.153 e. The molecule has 0 fully saturated rings. The van der Waals surface area contributed by atoms with Crippen molar-refractivity contribution in [2.24, 2.45) is 10.9 Å². The van der Waals surface area contributed by atoms with Gasteiger partial charge in [-0.15, -0.1) is 12.3 Å². The molecule has 0 bridgehead atoms. The number of nitrogens with one attached hydrogen (secondary N) is 1. The highest BCUT2D eigenvalue weighted by Gasteiger charge is 1.98. The molecule has 4 N–H and O–H groups in total. The Kier molecular flexibility index (Phi) is 4.95. The lowest BCUT2D eigenvalue weighted by Crippen LogP contribution is -2.34. The van der Waals surface area contributed by atoms with Gasteiger partial charge in [-0.3, -0.25) is 0 Å². The molecular weight excluding hydrogens is 142 g/mol. The lowest BCUT2D eigenvalue weighted by atomic mass is 10.2. The monoisotopic (exact) mass is 155 g/mol. The molecule has 0 saturated heterocycles. The topological polar surface area (TPSA) is 70.6 Å². The molecule has 11 heavy (non-hydrogen) atoms. The second-order valence-corrected chi connectivity index (χ2v) is 2.28. The van der Waals surface area contributed by atoms with Gasteiger partial charge in [0.05, 0.1) is 6.54 Å². The van der Waals surface area contributed by atoms with Crippen LogP contribution in [0.3, 0.4) is 0 Å². The largest absolute Gasteiger partial charge is 0.409 e. The van der Waals surface area contributed by atoms with Crippen molar-refractivity contribution in [1.29, 1.82) is 0 Å². The summed E-state index contributed by atoms with van der Waals surface area (Å²) in [6.07, 6.45) is 5.71. The minimum absolute atomic E-state index is 0.161. The first-order valence-corrected chi connectivity index (χ1v) is 3.34. The Morgan fingerprint density at radius 1 is 1.91 bits per heavy atom. The fourth-order valence-electron chi connectivity index (χ4n) is 0.563. The first-order valence-electron chi connectivity index (χ1n) is 3.34. The van der Waals surface area contributed by atoms with Crippen LogP contribution < -0.4 is 11.1 Å². The summed E-state index contributed by atoms with van der Waals surface area (Å²) in [4.78, 5) is 0. The van der Waals surface area contributed by atoms with Gasteiger partial charge < -0.3 is 16.3 Å². The fourth-order valence-corrected chi connectivity index (χ4v) is 0.563. The number of oxime groups is 1. The van der Waals surface area contributed by atoms with E-state index < -0.39 is 0 Å². The van der Waals surface area contributed by atoms with Crippen LogP contribution in [0, 0.1) is 12.3 Å². The molecule has 1 unspecified atom stereocenters. The average molecular weight is 155 g/mol. The Morgan fingerprint density at radius 2 is 2.55 bits per heavy atom. The molecule has 0 aromatic heterocycles. The Labute approximate surface area is 66.5 Å². The van der Waals surface area contributed by atoms with E-state index in [2.05, 4.69) is 16.4 Å². The van der Waals surface area contributed by atoms with E-state index >= 15 is 0 Å².